The van der Waals surface area contributed by atoms with Gasteiger partial charge in [0, 0.05) is 10.2 Å². The molecule has 0 spiro atoms. The van der Waals surface area contributed by atoms with E-state index in [1.807, 2.05) is 0 Å². The Balaban J connectivity index is 2.36. The Morgan fingerprint density at radius 3 is 2.47 bits per heavy atom. The van der Waals surface area contributed by atoms with Crippen molar-refractivity contribution in [3.63, 3.8) is 0 Å². The Morgan fingerprint density at radius 2 is 1.95 bits per heavy atom. The number of thiophene rings is 1. The molecular weight excluding hydrogens is 395 g/mol. The van der Waals surface area contributed by atoms with E-state index in [0.29, 0.717) is 20.2 Å². The lowest BCUT2D eigenvalue weighted by molar-refractivity contribution is 0.601. The largest absolute Gasteiger partial charge is 0.398 e. The lowest BCUT2D eigenvalue weighted by Crippen LogP contribution is -2.12. The molecule has 2 aromatic rings. The quantitative estimate of drug-likeness (QED) is 0.757. The molecule has 2 rings (SSSR count). The summed E-state index contributed by atoms with van der Waals surface area (Å²) in [5.41, 5.74) is 6.46. The van der Waals surface area contributed by atoms with Gasteiger partial charge < -0.3 is 5.73 Å². The first-order valence-electron chi connectivity index (χ1n) is 4.82. The Labute approximate surface area is 132 Å². The van der Waals surface area contributed by atoms with Gasteiger partial charge in [0.2, 0.25) is 0 Å². The maximum absolute atomic E-state index is 12.1. The molecule has 0 atom stereocenters. The third kappa shape index (κ3) is 3.35. The Morgan fingerprint density at radius 1 is 1.26 bits per heavy atom. The van der Waals surface area contributed by atoms with Gasteiger partial charge in [-0.25, -0.2) is 8.42 Å². The van der Waals surface area contributed by atoms with Crippen LogP contribution in [0.2, 0.25) is 8.67 Å². The molecule has 19 heavy (non-hydrogen) atoms. The van der Waals surface area contributed by atoms with Crippen LogP contribution in [0.15, 0.2) is 33.6 Å². The van der Waals surface area contributed by atoms with Gasteiger partial charge in [-0.2, -0.15) is 0 Å². The molecule has 3 N–H and O–H groups in total. The molecule has 1 aromatic heterocycles. The van der Waals surface area contributed by atoms with Gasteiger partial charge in [0.05, 0.1) is 10.0 Å². The Bertz CT molecular complexity index is 731. The lowest BCUT2D eigenvalue weighted by atomic mass is 10.3. The predicted molar refractivity (Wildman–Crippen MR) is 83.7 cm³/mol. The van der Waals surface area contributed by atoms with Crippen LogP contribution in [0.4, 0.5) is 11.4 Å². The van der Waals surface area contributed by atoms with E-state index in [0.717, 1.165) is 11.3 Å². The van der Waals surface area contributed by atoms with Crippen LogP contribution < -0.4 is 10.5 Å². The third-order valence-corrected chi connectivity index (χ3v) is 6.02. The summed E-state index contributed by atoms with van der Waals surface area (Å²) < 4.78 is 27.8. The zero-order valence-electron chi connectivity index (χ0n) is 9.15. The summed E-state index contributed by atoms with van der Waals surface area (Å²) in [4.78, 5) is -0.0503. The zero-order valence-corrected chi connectivity index (χ0v) is 13.9. The molecule has 0 aliphatic heterocycles. The summed E-state index contributed by atoms with van der Waals surface area (Å²) in [5, 5.41) is 0. The van der Waals surface area contributed by atoms with E-state index >= 15 is 0 Å². The second kappa shape index (κ2) is 5.49. The monoisotopic (exact) mass is 400 g/mol. The van der Waals surface area contributed by atoms with Crippen molar-refractivity contribution in [1.82, 2.24) is 0 Å². The molecule has 0 fully saturated rings. The fraction of sp³-hybridized carbons (Fsp3) is 0. The minimum atomic E-state index is -3.78. The van der Waals surface area contributed by atoms with Gasteiger partial charge in [0.25, 0.3) is 10.0 Å². The fourth-order valence-electron chi connectivity index (χ4n) is 1.33. The Hall–Kier alpha value is -0.470. The van der Waals surface area contributed by atoms with E-state index in [2.05, 4.69) is 20.7 Å². The van der Waals surface area contributed by atoms with Crippen molar-refractivity contribution in [2.75, 3.05) is 10.5 Å². The third-order valence-electron chi connectivity index (χ3n) is 2.16. The van der Waals surface area contributed by atoms with Crippen molar-refractivity contribution in [2.24, 2.45) is 0 Å². The number of rotatable bonds is 3. The highest BCUT2D eigenvalue weighted by Gasteiger charge is 2.21. The highest BCUT2D eigenvalue weighted by atomic mass is 79.9. The molecule has 1 heterocycles. The number of anilines is 2. The van der Waals surface area contributed by atoms with Gasteiger partial charge in [0.15, 0.2) is 0 Å². The number of nitrogens with one attached hydrogen (secondary N) is 1. The molecule has 0 saturated heterocycles. The molecule has 9 heteroatoms. The summed E-state index contributed by atoms with van der Waals surface area (Å²) in [6.07, 6.45) is 0. The van der Waals surface area contributed by atoms with E-state index in [1.165, 1.54) is 12.1 Å². The molecule has 0 aliphatic rings. The van der Waals surface area contributed by atoms with Gasteiger partial charge in [0.1, 0.15) is 9.23 Å². The standard InChI is InChI=1S/C10H7BrCl2N2O2S2/c11-6-2-1-5(3-7(6)14)15-19(16,17)8-4-9(12)18-10(8)13/h1-4,15H,14H2. The normalized spacial score (nSPS) is 11.5. The first-order valence-corrected chi connectivity index (χ1v) is 8.67. The first kappa shape index (κ1) is 14.9. The SMILES string of the molecule is Nc1cc(NS(=O)(=O)c2cc(Cl)sc2Cl)ccc1Br. The number of halogens is 3. The smallest absolute Gasteiger partial charge is 0.264 e. The second-order valence-corrected chi connectivity index (χ2v) is 8.32. The number of sulfonamides is 1. The van der Waals surface area contributed by atoms with Crippen LogP contribution in [0, 0.1) is 0 Å². The molecule has 4 nitrogen and oxygen atoms in total. The lowest BCUT2D eigenvalue weighted by Gasteiger charge is -2.08. The van der Waals surface area contributed by atoms with Crippen LogP contribution in [0.1, 0.15) is 0 Å². The highest BCUT2D eigenvalue weighted by molar-refractivity contribution is 9.10. The summed E-state index contributed by atoms with van der Waals surface area (Å²) in [6.45, 7) is 0. The van der Waals surface area contributed by atoms with Crippen molar-refractivity contribution >= 4 is 71.9 Å². The number of nitrogen functional groups attached to an aromatic ring is 1. The minimum absolute atomic E-state index is 0.0503. The topological polar surface area (TPSA) is 72.2 Å². The van der Waals surface area contributed by atoms with Gasteiger partial charge in [-0.05, 0) is 40.2 Å². The highest BCUT2D eigenvalue weighted by Crippen LogP contribution is 2.35. The maximum Gasteiger partial charge on any atom is 0.264 e. The van der Waals surface area contributed by atoms with Crippen LogP contribution in [0.5, 0.6) is 0 Å². The van der Waals surface area contributed by atoms with Gasteiger partial charge >= 0.3 is 0 Å². The summed E-state index contributed by atoms with van der Waals surface area (Å²) in [7, 11) is -3.78. The molecule has 0 radical (unpaired) electrons. The number of hydrogen-bond acceptors (Lipinski definition) is 4. The Kier molecular flexibility index (Phi) is 4.32. The first-order chi connectivity index (χ1) is 8.79. The van der Waals surface area contributed by atoms with Crippen molar-refractivity contribution in [3.8, 4) is 0 Å². The fourth-order valence-corrected chi connectivity index (χ4v) is 4.77. The van der Waals surface area contributed by atoms with Crippen molar-refractivity contribution in [1.29, 1.82) is 0 Å². The minimum Gasteiger partial charge on any atom is -0.398 e. The molecule has 1 aromatic carbocycles. The van der Waals surface area contributed by atoms with Gasteiger partial charge in [-0.3, -0.25) is 4.72 Å². The number of benzene rings is 1. The van der Waals surface area contributed by atoms with Gasteiger partial charge in [-0.15, -0.1) is 11.3 Å². The molecule has 0 amide bonds. The zero-order chi connectivity index (χ0) is 14.2. The second-order valence-electron chi connectivity index (χ2n) is 3.53. The average molecular weight is 402 g/mol. The van der Waals surface area contributed by atoms with Crippen molar-refractivity contribution in [3.05, 3.63) is 37.4 Å². The van der Waals surface area contributed by atoms with E-state index in [1.54, 1.807) is 12.1 Å². The van der Waals surface area contributed by atoms with Crippen LogP contribution in [-0.2, 0) is 10.0 Å². The summed E-state index contributed by atoms with van der Waals surface area (Å²) in [5.74, 6) is 0. The van der Waals surface area contributed by atoms with E-state index in [9.17, 15) is 8.42 Å². The molecule has 102 valence electrons. The van der Waals surface area contributed by atoms with Crippen LogP contribution >= 0.6 is 50.5 Å². The number of hydrogen-bond donors (Lipinski definition) is 2. The van der Waals surface area contributed by atoms with Crippen LogP contribution in [-0.4, -0.2) is 8.42 Å². The van der Waals surface area contributed by atoms with Crippen molar-refractivity contribution in [2.45, 2.75) is 4.90 Å². The van der Waals surface area contributed by atoms with Crippen LogP contribution in [0.25, 0.3) is 0 Å². The maximum atomic E-state index is 12.1. The summed E-state index contributed by atoms with van der Waals surface area (Å²) in [6, 6.07) is 6.04. The van der Waals surface area contributed by atoms with Crippen molar-refractivity contribution < 1.29 is 8.42 Å². The molecule has 0 aliphatic carbocycles. The van der Waals surface area contributed by atoms with Crippen LogP contribution in [0.3, 0.4) is 0 Å². The van der Waals surface area contributed by atoms with E-state index in [-0.39, 0.29) is 9.23 Å². The average Bonchev–Trinajstić information content (AvgIpc) is 2.63. The van der Waals surface area contributed by atoms with Gasteiger partial charge in [-0.1, -0.05) is 23.2 Å². The molecular formula is C10H7BrCl2N2O2S2. The van der Waals surface area contributed by atoms with E-state index < -0.39 is 10.0 Å². The molecule has 0 saturated carbocycles. The van der Waals surface area contributed by atoms with E-state index in [4.69, 9.17) is 28.9 Å². The molecule has 0 bridgehead atoms. The number of nitrogens with two attached hydrogens (primary N) is 1. The predicted octanol–water partition coefficient (Wildman–Crippen LogP) is 4.20. The summed E-state index contributed by atoms with van der Waals surface area (Å²) >= 11 is 15.8. The molecule has 0 unspecified atom stereocenters.